The number of carboxylic acid groups (broad SMARTS) is 1. The first kappa shape index (κ1) is 35.4. The van der Waals surface area contributed by atoms with E-state index in [1.165, 1.54) is 26.6 Å². The fourth-order valence-corrected chi connectivity index (χ4v) is 7.59. The van der Waals surface area contributed by atoms with E-state index in [-0.39, 0.29) is 40.6 Å². The zero-order valence-corrected chi connectivity index (χ0v) is 29.2. The normalized spacial score (nSPS) is 19.4. The molecule has 2 bridgehead atoms. The first-order chi connectivity index (χ1) is 24.1. The largest absolute Gasteiger partial charge is 0.493 e. The molecule has 0 saturated carbocycles. The standard InChI is InChI=1S/C37H38Cl2N4O7/c1-48-32-8-6-24(15-33(32)49-2)27(16-29-30(38)19-43(47)20-31(29)39)28-14-22(5-7-26(28)36(44)45)17-41-35(25-4-3-11-40-18-25)37(46)50-34-21-42-12-9-23(34)10-13-42/h3-8,11,14-15,18-20,23,27,34-35,41H,9-10,12-13,16-17,21H2,1-2H3,(H-,44,45,47)/p+1/t27-,34-,35?/m0/s1. The molecule has 262 valence electrons. The second kappa shape index (κ2) is 15.6. The number of aromatic carboxylic acids is 1. The van der Waals surface area contributed by atoms with Gasteiger partial charge in [-0.2, -0.15) is 0 Å². The summed E-state index contributed by atoms with van der Waals surface area (Å²) in [5.41, 5.74) is 3.21. The second-order valence-corrected chi connectivity index (χ2v) is 13.4. The van der Waals surface area contributed by atoms with Crippen molar-refractivity contribution >= 4 is 35.1 Å². The number of nitrogens with one attached hydrogen (secondary N) is 1. The molecule has 50 heavy (non-hydrogen) atoms. The Hall–Kier alpha value is -4.42. The number of methoxy groups -OCH3 is 2. The smallest absolute Gasteiger partial charge is 0.335 e. The number of piperidine rings is 3. The molecule has 3 N–H and O–H groups in total. The summed E-state index contributed by atoms with van der Waals surface area (Å²) in [4.78, 5) is 33.0. The van der Waals surface area contributed by atoms with Gasteiger partial charge in [-0.25, -0.2) is 9.59 Å². The Morgan fingerprint density at radius 2 is 1.76 bits per heavy atom. The lowest BCUT2D eigenvalue weighted by molar-refractivity contribution is -0.904. The van der Waals surface area contributed by atoms with Crippen LogP contribution < -0.4 is 19.5 Å². The first-order valence-corrected chi connectivity index (χ1v) is 17.1. The van der Waals surface area contributed by atoms with Crippen LogP contribution in [0.5, 0.6) is 11.5 Å². The minimum absolute atomic E-state index is 0.0829. The van der Waals surface area contributed by atoms with Crippen molar-refractivity contribution in [3.63, 3.8) is 0 Å². The fraction of sp³-hybridized carbons (Fsp3) is 0.351. The zero-order valence-electron chi connectivity index (χ0n) is 27.7. The van der Waals surface area contributed by atoms with Gasteiger partial charge in [-0.1, -0.05) is 47.5 Å². The number of fused-ring (bicyclic) bond motifs is 3. The van der Waals surface area contributed by atoms with Gasteiger partial charge in [0.25, 0.3) is 0 Å². The molecule has 0 spiro atoms. The van der Waals surface area contributed by atoms with Crippen LogP contribution in [0.15, 0.2) is 73.3 Å². The van der Waals surface area contributed by atoms with Crippen LogP contribution in [0.3, 0.4) is 0 Å². The number of carbonyl (C=O) groups excluding carboxylic acids is 1. The summed E-state index contributed by atoms with van der Waals surface area (Å²) >= 11 is 13.1. The van der Waals surface area contributed by atoms with Crippen molar-refractivity contribution in [3.05, 3.63) is 117 Å². The van der Waals surface area contributed by atoms with E-state index in [9.17, 15) is 19.9 Å². The number of carbonyl (C=O) groups is 2. The summed E-state index contributed by atoms with van der Waals surface area (Å²) in [6.45, 7) is 3.03. The van der Waals surface area contributed by atoms with Crippen molar-refractivity contribution in [2.45, 2.75) is 43.9 Å². The minimum atomic E-state index is -1.11. The third-order valence-corrected chi connectivity index (χ3v) is 10.3. The Bertz CT molecular complexity index is 1830. The lowest BCUT2D eigenvalue weighted by Crippen LogP contribution is -2.52. The Morgan fingerprint density at radius 3 is 2.38 bits per heavy atom. The van der Waals surface area contributed by atoms with Crippen LogP contribution in [0.4, 0.5) is 0 Å². The number of nitrogens with zero attached hydrogens (tertiary/aromatic N) is 3. The number of hydrogen-bond donors (Lipinski definition) is 3. The van der Waals surface area contributed by atoms with Gasteiger partial charge in [-0.15, -0.1) is 0 Å². The summed E-state index contributed by atoms with van der Waals surface area (Å²) in [7, 11) is 3.06. The van der Waals surface area contributed by atoms with Gasteiger partial charge in [0.15, 0.2) is 11.5 Å². The lowest BCUT2D eigenvalue weighted by Gasteiger charge is -2.44. The highest BCUT2D eigenvalue weighted by molar-refractivity contribution is 6.35. The van der Waals surface area contributed by atoms with E-state index < -0.39 is 17.9 Å². The molecule has 13 heteroatoms. The van der Waals surface area contributed by atoms with Crippen LogP contribution in [-0.4, -0.2) is 72.1 Å². The maximum Gasteiger partial charge on any atom is 0.335 e. The molecule has 7 rings (SSSR count). The molecule has 2 aromatic heterocycles. The van der Waals surface area contributed by atoms with Crippen LogP contribution in [0.25, 0.3) is 0 Å². The number of pyridine rings is 2. The van der Waals surface area contributed by atoms with Crippen molar-refractivity contribution in [2.24, 2.45) is 5.92 Å². The Balaban J connectivity index is 1.35. The highest BCUT2D eigenvalue weighted by Gasteiger charge is 2.38. The molecule has 1 unspecified atom stereocenters. The average Bonchev–Trinajstić information content (AvgIpc) is 3.12. The van der Waals surface area contributed by atoms with Gasteiger partial charge in [0.05, 0.1) is 19.8 Å². The van der Waals surface area contributed by atoms with Crippen LogP contribution in [0.2, 0.25) is 10.0 Å². The van der Waals surface area contributed by atoms with Crippen LogP contribution in [0, 0.1) is 5.92 Å². The summed E-state index contributed by atoms with van der Waals surface area (Å²) in [5.74, 6) is -0.748. The number of aromatic nitrogens is 2. The molecule has 0 amide bonds. The molecule has 3 aliphatic heterocycles. The number of esters is 1. The number of benzene rings is 2. The van der Waals surface area contributed by atoms with Gasteiger partial charge in [0, 0.05) is 41.7 Å². The molecular weight excluding hydrogens is 683 g/mol. The summed E-state index contributed by atoms with van der Waals surface area (Å²) in [5, 5.41) is 24.2. The van der Waals surface area contributed by atoms with Gasteiger partial charge in [-0.05, 0) is 84.8 Å². The molecule has 5 heterocycles. The van der Waals surface area contributed by atoms with Crippen LogP contribution in [-0.2, 0) is 22.5 Å². The molecule has 11 nitrogen and oxygen atoms in total. The fourth-order valence-electron chi connectivity index (χ4n) is 6.99. The maximum absolute atomic E-state index is 13.7. The monoisotopic (exact) mass is 721 g/mol. The van der Waals surface area contributed by atoms with Crippen LogP contribution >= 0.6 is 23.2 Å². The topological polar surface area (TPSA) is 134 Å². The van der Waals surface area contributed by atoms with Gasteiger partial charge >= 0.3 is 11.9 Å². The average molecular weight is 723 g/mol. The van der Waals surface area contributed by atoms with Crippen molar-refractivity contribution in [1.82, 2.24) is 15.2 Å². The van der Waals surface area contributed by atoms with Gasteiger partial charge in [0.2, 0.25) is 12.4 Å². The molecule has 4 aromatic rings. The third kappa shape index (κ3) is 7.81. The molecular formula is C37H39Cl2N4O7+. The Kier molecular flexibility index (Phi) is 11.1. The van der Waals surface area contributed by atoms with Crippen LogP contribution in [0.1, 0.15) is 63.0 Å². The summed E-state index contributed by atoms with van der Waals surface area (Å²) < 4.78 is 17.9. The summed E-state index contributed by atoms with van der Waals surface area (Å²) in [6, 6.07) is 13.3. The van der Waals surface area contributed by atoms with E-state index in [1.54, 1.807) is 42.7 Å². The van der Waals surface area contributed by atoms with Gasteiger partial charge in [-0.3, -0.25) is 20.4 Å². The zero-order chi connectivity index (χ0) is 35.4. The van der Waals surface area contributed by atoms with E-state index in [0.29, 0.717) is 34.1 Å². The highest BCUT2D eigenvalue weighted by atomic mass is 35.5. The predicted octanol–water partition coefficient (Wildman–Crippen LogP) is 5.47. The molecule has 0 aliphatic carbocycles. The van der Waals surface area contributed by atoms with E-state index in [0.717, 1.165) is 48.3 Å². The van der Waals surface area contributed by atoms with E-state index >= 15 is 0 Å². The Labute approximate surface area is 300 Å². The minimum Gasteiger partial charge on any atom is -0.493 e. The number of carboxylic acids is 1. The predicted molar refractivity (Wildman–Crippen MR) is 185 cm³/mol. The van der Waals surface area contributed by atoms with E-state index in [2.05, 4.69) is 15.2 Å². The third-order valence-electron chi connectivity index (χ3n) is 9.64. The van der Waals surface area contributed by atoms with Gasteiger partial charge < -0.3 is 19.3 Å². The van der Waals surface area contributed by atoms with Crippen molar-refractivity contribution in [1.29, 1.82) is 0 Å². The number of ether oxygens (including phenoxy) is 3. The molecule has 3 aliphatic rings. The SMILES string of the molecule is COc1ccc([C@H](Cc2c(Cl)c[n+](O)cc2Cl)c2cc(CNC(C(=O)O[C@H]3CN4CCC3CC4)c3cccnc3)ccc2C(=O)O)cc1OC. The second-order valence-electron chi connectivity index (χ2n) is 12.6. The number of hydrogen-bond acceptors (Lipinski definition) is 9. The Morgan fingerprint density at radius 1 is 1.02 bits per heavy atom. The first-order valence-electron chi connectivity index (χ1n) is 16.4. The number of halogens is 2. The number of rotatable bonds is 13. The lowest BCUT2D eigenvalue weighted by atomic mass is 9.82. The maximum atomic E-state index is 13.7. The van der Waals surface area contributed by atoms with E-state index in [1.807, 2.05) is 18.2 Å². The molecule has 3 atom stereocenters. The molecule has 3 fully saturated rings. The van der Waals surface area contributed by atoms with Gasteiger partial charge in [0.1, 0.15) is 22.2 Å². The highest BCUT2D eigenvalue weighted by Crippen LogP contribution is 2.39. The molecule has 0 radical (unpaired) electrons. The van der Waals surface area contributed by atoms with Crippen molar-refractivity contribution in [3.8, 4) is 11.5 Å². The molecule has 3 saturated heterocycles. The summed E-state index contributed by atoms with van der Waals surface area (Å²) in [6.07, 6.45) is 7.99. The quantitative estimate of drug-likeness (QED) is 0.0927. The molecule has 2 aromatic carbocycles. The van der Waals surface area contributed by atoms with E-state index in [4.69, 9.17) is 37.4 Å². The van der Waals surface area contributed by atoms with Crippen molar-refractivity contribution < 1.29 is 38.8 Å². The van der Waals surface area contributed by atoms with Crippen molar-refractivity contribution in [2.75, 3.05) is 33.9 Å².